The fourth-order valence-corrected chi connectivity index (χ4v) is 2.90. The molecule has 0 radical (unpaired) electrons. The quantitative estimate of drug-likeness (QED) is 0.904. The van der Waals surface area contributed by atoms with Crippen LogP contribution < -0.4 is 0 Å². The first-order valence-corrected chi connectivity index (χ1v) is 6.53. The Balaban J connectivity index is 2.18. The maximum Gasteiger partial charge on any atom is 0.308 e. The molecule has 19 heavy (non-hydrogen) atoms. The van der Waals surface area contributed by atoms with E-state index in [1.54, 1.807) is 6.07 Å². The van der Waals surface area contributed by atoms with E-state index in [0.29, 0.717) is 12.0 Å². The van der Waals surface area contributed by atoms with Gasteiger partial charge in [0, 0.05) is 12.1 Å². The van der Waals surface area contributed by atoms with E-state index >= 15 is 0 Å². The van der Waals surface area contributed by atoms with Gasteiger partial charge in [0.25, 0.3) is 0 Å². The van der Waals surface area contributed by atoms with Gasteiger partial charge in [-0.15, -0.1) is 0 Å². The van der Waals surface area contributed by atoms with Crippen LogP contribution in [0.2, 0.25) is 0 Å². The first-order chi connectivity index (χ1) is 9.04. The molecule has 1 aromatic carbocycles. The Bertz CT molecular complexity index is 521. The molecular formula is C15H18N2O2. The third-order valence-corrected chi connectivity index (χ3v) is 4.12. The van der Waals surface area contributed by atoms with Crippen LogP contribution in [-0.4, -0.2) is 28.6 Å². The molecule has 1 heterocycles. The molecule has 0 saturated carbocycles. The Kier molecular flexibility index (Phi) is 3.87. The first-order valence-electron chi connectivity index (χ1n) is 6.53. The highest BCUT2D eigenvalue weighted by molar-refractivity contribution is 5.71. The minimum absolute atomic E-state index is 0.0261. The van der Waals surface area contributed by atoms with Crippen molar-refractivity contribution in [3.63, 3.8) is 0 Å². The highest BCUT2D eigenvalue weighted by Gasteiger charge is 2.37. The van der Waals surface area contributed by atoms with Crippen molar-refractivity contribution >= 4 is 5.97 Å². The second-order valence-electron chi connectivity index (χ2n) is 5.13. The van der Waals surface area contributed by atoms with Gasteiger partial charge in [0.2, 0.25) is 0 Å². The van der Waals surface area contributed by atoms with Gasteiger partial charge in [0.05, 0.1) is 17.6 Å². The zero-order valence-electron chi connectivity index (χ0n) is 11.2. The van der Waals surface area contributed by atoms with E-state index in [9.17, 15) is 4.79 Å². The van der Waals surface area contributed by atoms with Crippen LogP contribution in [-0.2, 0) is 4.79 Å². The van der Waals surface area contributed by atoms with E-state index < -0.39 is 5.97 Å². The Morgan fingerprint density at radius 2 is 2.32 bits per heavy atom. The van der Waals surface area contributed by atoms with Gasteiger partial charge in [-0.25, -0.2) is 0 Å². The molecule has 4 nitrogen and oxygen atoms in total. The van der Waals surface area contributed by atoms with Crippen molar-refractivity contribution in [1.29, 1.82) is 5.26 Å². The minimum Gasteiger partial charge on any atom is -0.481 e. The van der Waals surface area contributed by atoms with E-state index in [-0.39, 0.29) is 18.0 Å². The lowest BCUT2D eigenvalue weighted by atomic mass is 10.0. The van der Waals surface area contributed by atoms with Crippen LogP contribution in [0.1, 0.15) is 37.4 Å². The Labute approximate surface area is 113 Å². The summed E-state index contributed by atoms with van der Waals surface area (Å²) in [6.07, 6.45) is 0.693. The van der Waals surface area contributed by atoms with Gasteiger partial charge in [-0.3, -0.25) is 9.69 Å². The fraction of sp³-hybridized carbons (Fsp3) is 0.467. The number of rotatable bonds is 3. The summed E-state index contributed by atoms with van der Waals surface area (Å²) in [5.41, 5.74) is 1.71. The molecule has 1 N–H and O–H groups in total. The smallest absolute Gasteiger partial charge is 0.308 e. The van der Waals surface area contributed by atoms with E-state index in [0.717, 1.165) is 12.1 Å². The van der Waals surface area contributed by atoms with Gasteiger partial charge < -0.3 is 5.11 Å². The summed E-state index contributed by atoms with van der Waals surface area (Å²) in [4.78, 5) is 13.4. The molecular weight excluding hydrogens is 240 g/mol. The first kappa shape index (κ1) is 13.6. The number of carboxylic acid groups (broad SMARTS) is 1. The van der Waals surface area contributed by atoms with Crippen LogP contribution in [0.25, 0.3) is 0 Å². The zero-order valence-corrected chi connectivity index (χ0v) is 11.2. The molecule has 0 aliphatic carbocycles. The third-order valence-electron chi connectivity index (χ3n) is 4.12. The molecule has 4 heteroatoms. The van der Waals surface area contributed by atoms with E-state index in [4.69, 9.17) is 10.4 Å². The predicted molar refractivity (Wildman–Crippen MR) is 71.5 cm³/mol. The van der Waals surface area contributed by atoms with Gasteiger partial charge >= 0.3 is 5.97 Å². The monoisotopic (exact) mass is 258 g/mol. The molecule has 1 aliphatic heterocycles. The fourth-order valence-electron chi connectivity index (χ4n) is 2.90. The molecule has 1 aromatic rings. The van der Waals surface area contributed by atoms with Crippen molar-refractivity contribution < 1.29 is 9.90 Å². The number of aliphatic carboxylic acids is 1. The lowest BCUT2D eigenvalue weighted by molar-refractivity contribution is -0.142. The van der Waals surface area contributed by atoms with Crippen molar-refractivity contribution in [3.8, 4) is 6.07 Å². The summed E-state index contributed by atoms with van der Waals surface area (Å²) in [7, 11) is 0. The van der Waals surface area contributed by atoms with E-state index in [1.807, 2.05) is 25.1 Å². The maximum absolute atomic E-state index is 11.1. The molecule has 1 saturated heterocycles. The molecule has 1 aliphatic rings. The molecule has 0 amide bonds. The highest BCUT2D eigenvalue weighted by Crippen LogP contribution is 2.32. The number of likely N-dealkylation sites (tertiary alicyclic amines) is 1. The third kappa shape index (κ3) is 2.61. The van der Waals surface area contributed by atoms with Crippen molar-refractivity contribution in [1.82, 2.24) is 4.90 Å². The van der Waals surface area contributed by atoms with E-state index in [1.165, 1.54) is 0 Å². The molecule has 0 bridgehead atoms. The second-order valence-corrected chi connectivity index (χ2v) is 5.13. The van der Waals surface area contributed by atoms with Crippen molar-refractivity contribution in [3.05, 3.63) is 35.4 Å². The number of nitriles is 1. The SMILES string of the molecule is CC(c1cccc(C#N)c1)N1CCC(C(=O)O)C1C. The highest BCUT2D eigenvalue weighted by atomic mass is 16.4. The van der Waals surface area contributed by atoms with Crippen LogP contribution in [0, 0.1) is 17.2 Å². The van der Waals surface area contributed by atoms with Crippen molar-refractivity contribution in [2.24, 2.45) is 5.92 Å². The molecule has 3 unspecified atom stereocenters. The Hall–Kier alpha value is -1.86. The molecule has 3 atom stereocenters. The van der Waals surface area contributed by atoms with Crippen LogP contribution in [0.15, 0.2) is 24.3 Å². The number of hydrogen-bond donors (Lipinski definition) is 1. The van der Waals surface area contributed by atoms with E-state index in [2.05, 4.69) is 17.9 Å². The lowest BCUT2D eigenvalue weighted by Gasteiger charge is -2.30. The second kappa shape index (κ2) is 5.41. The van der Waals surface area contributed by atoms with Crippen LogP contribution in [0.5, 0.6) is 0 Å². The molecule has 100 valence electrons. The van der Waals surface area contributed by atoms with Crippen LogP contribution >= 0.6 is 0 Å². The summed E-state index contributed by atoms with van der Waals surface area (Å²) in [5, 5.41) is 18.1. The van der Waals surface area contributed by atoms with Crippen molar-refractivity contribution in [2.45, 2.75) is 32.4 Å². The average Bonchev–Trinajstić information content (AvgIpc) is 2.80. The Morgan fingerprint density at radius 1 is 1.58 bits per heavy atom. The largest absolute Gasteiger partial charge is 0.481 e. The van der Waals surface area contributed by atoms with Crippen molar-refractivity contribution in [2.75, 3.05) is 6.54 Å². The molecule has 1 fully saturated rings. The zero-order chi connectivity index (χ0) is 14.0. The summed E-state index contributed by atoms with van der Waals surface area (Å²) >= 11 is 0. The van der Waals surface area contributed by atoms with Crippen LogP contribution in [0.3, 0.4) is 0 Å². The summed E-state index contributed by atoms with van der Waals surface area (Å²) in [6, 6.07) is 9.83. The maximum atomic E-state index is 11.1. The number of carbonyl (C=O) groups is 1. The molecule has 0 spiro atoms. The number of nitrogens with zero attached hydrogens (tertiary/aromatic N) is 2. The van der Waals surface area contributed by atoms with Gasteiger partial charge in [0.1, 0.15) is 0 Å². The number of carboxylic acids is 1. The molecule has 0 aromatic heterocycles. The summed E-state index contributed by atoms with van der Waals surface area (Å²) in [5.74, 6) is -1.01. The standard InChI is InChI=1S/C15H18N2O2/c1-10(13-5-3-4-12(8-13)9-16)17-7-6-14(11(17)2)15(18)19/h3-5,8,10-11,14H,6-7H2,1-2H3,(H,18,19). The lowest BCUT2D eigenvalue weighted by Crippen LogP contribution is -2.34. The normalized spacial score (nSPS) is 24.9. The molecule has 2 rings (SSSR count). The van der Waals surface area contributed by atoms with Gasteiger partial charge in [-0.05, 0) is 44.5 Å². The topological polar surface area (TPSA) is 64.3 Å². The number of benzene rings is 1. The average molecular weight is 258 g/mol. The van der Waals surface area contributed by atoms with Gasteiger partial charge in [-0.1, -0.05) is 12.1 Å². The minimum atomic E-state index is -0.715. The van der Waals surface area contributed by atoms with Crippen LogP contribution in [0.4, 0.5) is 0 Å². The predicted octanol–water partition coefficient (Wildman–Crippen LogP) is 2.41. The summed E-state index contributed by atoms with van der Waals surface area (Å²) < 4.78 is 0. The Morgan fingerprint density at radius 3 is 2.89 bits per heavy atom. The number of hydrogen-bond acceptors (Lipinski definition) is 3. The summed E-state index contributed by atoms with van der Waals surface area (Å²) in [6.45, 7) is 4.82. The van der Waals surface area contributed by atoms with Gasteiger partial charge in [0.15, 0.2) is 0 Å². The van der Waals surface area contributed by atoms with Gasteiger partial charge in [-0.2, -0.15) is 5.26 Å².